The molecule has 2 aromatic rings. The van der Waals surface area contributed by atoms with Crippen molar-refractivity contribution in [3.05, 3.63) is 45.9 Å². The molecule has 0 saturated carbocycles. The molecule has 0 aliphatic rings. The van der Waals surface area contributed by atoms with Crippen LogP contribution in [0.25, 0.3) is 0 Å². The van der Waals surface area contributed by atoms with E-state index in [9.17, 15) is 8.42 Å². The largest absolute Gasteiger partial charge is 0.310 e. The van der Waals surface area contributed by atoms with Crippen LogP contribution in [0, 0.1) is 6.92 Å². The Labute approximate surface area is 130 Å². The van der Waals surface area contributed by atoms with Gasteiger partial charge in [-0.2, -0.15) is 0 Å². The van der Waals surface area contributed by atoms with E-state index in [0.717, 1.165) is 29.2 Å². The summed E-state index contributed by atoms with van der Waals surface area (Å²) in [6, 6.07) is 7.21. The second kappa shape index (κ2) is 6.68. The van der Waals surface area contributed by atoms with Crippen LogP contribution < -0.4 is 5.32 Å². The minimum absolute atomic E-state index is 0.0678. The minimum Gasteiger partial charge on any atom is -0.310 e. The number of benzene rings is 1. The second-order valence-electron chi connectivity index (χ2n) is 5.02. The normalized spacial score (nSPS) is 13.3. The first kappa shape index (κ1) is 16.1. The first-order valence-corrected chi connectivity index (χ1v) is 9.61. The third-order valence-electron chi connectivity index (χ3n) is 3.22. The summed E-state index contributed by atoms with van der Waals surface area (Å²) < 4.78 is 23.4. The summed E-state index contributed by atoms with van der Waals surface area (Å²) in [5.41, 5.74) is 2.01. The average molecular weight is 324 g/mol. The number of sulfone groups is 1. The fourth-order valence-electron chi connectivity index (χ4n) is 2.23. The molecular weight excluding hydrogens is 304 g/mol. The minimum atomic E-state index is -3.18. The topological polar surface area (TPSA) is 59.1 Å². The molecular formula is C15H20N2O2S2. The first-order valence-electron chi connectivity index (χ1n) is 6.84. The molecule has 4 nitrogen and oxygen atoms in total. The molecule has 1 N–H and O–H groups in total. The van der Waals surface area contributed by atoms with Crippen molar-refractivity contribution >= 4 is 21.2 Å². The Kier molecular flexibility index (Phi) is 5.13. The maximum Gasteiger partial charge on any atom is 0.175 e. The highest BCUT2D eigenvalue weighted by molar-refractivity contribution is 7.90. The predicted molar refractivity (Wildman–Crippen MR) is 86.5 cm³/mol. The van der Waals surface area contributed by atoms with E-state index in [2.05, 4.69) is 15.7 Å². The van der Waals surface area contributed by atoms with Crippen molar-refractivity contribution in [3.8, 4) is 0 Å². The van der Waals surface area contributed by atoms with Crippen molar-refractivity contribution in [1.82, 2.24) is 10.3 Å². The zero-order chi connectivity index (χ0) is 15.5. The summed E-state index contributed by atoms with van der Waals surface area (Å²) in [5.74, 6) is 0. The lowest BCUT2D eigenvalue weighted by molar-refractivity contribution is 0.543. The van der Waals surface area contributed by atoms with Crippen LogP contribution in [-0.4, -0.2) is 26.2 Å². The zero-order valence-corrected chi connectivity index (χ0v) is 14.1. The van der Waals surface area contributed by atoms with Crippen LogP contribution in [0.3, 0.4) is 0 Å². The van der Waals surface area contributed by atoms with Crippen LogP contribution in [0.2, 0.25) is 0 Å². The molecule has 0 radical (unpaired) electrons. The Hall–Kier alpha value is -1.24. The maximum atomic E-state index is 11.7. The fraction of sp³-hybridized carbons (Fsp3) is 0.400. The van der Waals surface area contributed by atoms with E-state index in [4.69, 9.17) is 0 Å². The smallest absolute Gasteiger partial charge is 0.175 e. The monoisotopic (exact) mass is 324 g/mol. The van der Waals surface area contributed by atoms with Gasteiger partial charge in [-0.25, -0.2) is 13.4 Å². The molecule has 1 aromatic heterocycles. The Morgan fingerprint density at radius 3 is 2.71 bits per heavy atom. The number of likely N-dealkylation sites (N-methyl/N-ethyl adjacent to an activating group) is 1. The molecule has 0 aliphatic heterocycles. The highest BCUT2D eigenvalue weighted by Crippen LogP contribution is 2.22. The van der Waals surface area contributed by atoms with Gasteiger partial charge in [0.15, 0.2) is 9.84 Å². The number of hydrogen-bond donors (Lipinski definition) is 1. The van der Waals surface area contributed by atoms with Crippen molar-refractivity contribution < 1.29 is 8.42 Å². The maximum absolute atomic E-state index is 11.7. The van der Waals surface area contributed by atoms with Gasteiger partial charge in [0.1, 0.15) is 0 Å². The standard InChI is InChI=1S/C15H20N2O2S2/c1-4-16-15(9-13-10-20-11(2)17-13)12-6-5-7-14(8-12)21(3,18)19/h5-8,10,15-16H,4,9H2,1-3H3. The molecule has 1 aromatic carbocycles. The highest BCUT2D eigenvalue weighted by Gasteiger charge is 2.15. The second-order valence-corrected chi connectivity index (χ2v) is 8.09. The summed E-state index contributed by atoms with van der Waals surface area (Å²) in [6.45, 7) is 4.84. The van der Waals surface area contributed by atoms with E-state index < -0.39 is 9.84 Å². The van der Waals surface area contributed by atoms with Crippen molar-refractivity contribution in [1.29, 1.82) is 0 Å². The fourth-order valence-corrected chi connectivity index (χ4v) is 3.53. The van der Waals surface area contributed by atoms with Crippen LogP contribution in [0.1, 0.15) is 29.2 Å². The van der Waals surface area contributed by atoms with Gasteiger partial charge in [-0.05, 0) is 31.2 Å². The Morgan fingerprint density at radius 1 is 1.38 bits per heavy atom. The van der Waals surface area contributed by atoms with Gasteiger partial charge in [0, 0.05) is 24.1 Å². The number of aromatic nitrogens is 1. The Balaban J connectivity index is 2.29. The van der Waals surface area contributed by atoms with Crippen molar-refractivity contribution in [2.45, 2.75) is 31.2 Å². The lowest BCUT2D eigenvalue weighted by atomic mass is 10.0. The van der Waals surface area contributed by atoms with E-state index in [1.54, 1.807) is 29.5 Å². The van der Waals surface area contributed by atoms with Crippen LogP contribution in [0.4, 0.5) is 0 Å². The van der Waals surface area contributed by atoms with E-state index in [0.29, 0.717) is 4.90 Å². The van der Waals surface area contributed by atoms with Crippen molar-refractivity contribution in [3.63, 3.8) is 0 Å². The summed E-state index contributed by atoms with van der Waals surface area (Å²) in [7, 11) is -3.18. The van der Waals surface area contributed by atoms with Gasteiger partial charge in [-0.3, -0.25) is 0 Å². The molecule has 6 heteroatoms. The van der Waals surface area contributed by atoms with Crippen molar-refractivity contribution in [2.24, 2.45) is 0 Å². The number of aryl methyl sites for hydroxylation is 1. The molecule has 0 spiro atoms. The number of hydrogen-bond acceptors (Lipinski definition) is 5. The third kappa shape index (κ3) is 4.36. The lowest BCUT2D eigenvalue weighted by Crippen LogP contribution is -2.23. The van der Waals surface area contributed by atoms with E-state index >= 15 is 0 Å². The van der Waals surface area contributed by atoms with Gasteiger partial charge >= 0.3 is 0 Å². The van der Waals surface area contributed by atoms with Gasteiger partial charge < -0.3 is 5.32 Å². The van der Waals surface area contributed by atoms with Crippen molar-refractivity contribution in [2.75, 3.05) is 12.8 Å². The molecule has 2 rings (SSSR count). The third-order valence-corrected chi connectivity index (χ3v) is 5.15. The Morgan fingerprint density at radius 2 is 2.14 bits per heavy atom. The quantitative estimate of drug-likeness (QED) is 0.887. The number of nitrogens with zero attached hydrogens (tertiary/aromatic N) is 1. The molecule has 1 unspecified atom stereocenters. The summed E-state index contributed by atoms with van der Waals surface area (Å²) >= 11 is 1.63. The molecule has 114 valence electrons. The zero-order valence-electron chi connectivity index (χ0n) is 12.5. The average Bonchev–Trinajstić information content (AvgIpc) is 2.83. The number of nitrogens with one attached hydrogen (secondary N) is 1. The first-order chi connectivity index (χ1) is 9.90. The van der Waals surface area contributed by atoms with E-state index in [1.807, 2.05) is 19.9 Å². The van der Waals surface area contributed by atoms with Crippen LogP contribution in [0.5, 0.6) is 0 Å². The lowest BCUT2D eigenvalue weighted by Gasteiger charge is -2.18. The molecule has 0 saturated heterocycles. The Bertz CT molecular complexity index is 708. The molecule has 0 bridgehead atoms. The van der Waals surface area contributed by atoms with E-state index in [-0.39, 0.29) is 6.04 Å². The van der Waals surface area contributed by atoms with Crippen LogP contribution in [-0.2, 0) is 16.3 Å². The van der Waals surface area contributed by atoms with Gasteiger partial charge in [0.05, 0.1) is 15.6 Å². The van der Waals surface area contributed by atoms with Crippen LogP contribution in [0.15, 0.2) is 34.5 Å². The number of rotatable bonds is 6. The number of thiazole rings is 1. The van der Waals surface area contributed by atoms with Gasteiger partial charge in [-0.1, -0.05) is 19.1 Å². The van der Waals surface area contributed by atoms with Gasteiger partial charge in [0.25, 0.3) is 0 Å². The molecule has 0 amide bonds. The summed E-state index contributed by atoms with van der Waals surface area (Å²) in [6.07, 6.45) is 1.99. The SMILES string of the molecule is CCNC(Cc1csc(C)n1)c1cccc(S(C)(=O)=O)c1. The molecule has 1 heterocycles. The molecule has 0 fully saturated rings. The van der Waals surface area contributed by atoms with Gasteiger partial charge in [0.2, 0.25) is 0 Å². The molecule has 21 heavy (non-hydrogen) atoms. The predicted octanol–water partition coefficient (Wildman–Crippen LogP) is 2.75. The van der Waals surface area contributed by atoms with E-state index in [1.165, 1.54) is 6.26 Å². The van der Waals surface area contributed by atoms with Crippen LogP contribution >= 0.6 is 11.3 Å². The highest BCUT2D eigenvalue weighted by atomic mass is 32.2. The van der Waals surface area contributed by atoms with Gasteiger partial charge in [-0.15, -0.1) is 11.3 Å². The molecule has 1 atom stereocenters. The molecule has 0 aliphatic carbocycles. The summed E-state index contributed by atoms with van der Waals surface area (Å²) in [5, 5.41) is 6.51. The summed E-state index contributed by atoms with van der Waals surface area (Å²) in [4.78, 5) is 4.85.